The van der Waals surface area contributed by atoms with Crippen LogP contribution in [0.15, 0.2) is 66.3 Å². The smallest absolute Gasteiger partial charge is 0.239 e. The monoisotopic (exact) mass is 382 g/mol. The molecule has 1 N–H and O–H groups in total. The molecule has 3 aromatic rings. The number of ether oxygens (including phenoxy) is 1. The zero-order valence-corrected chi connectivity index (χ0v) is 16.1. The van der Waals surface area contributed by atoms with Gasteiger partial charge in [0.15, 0.2) is 17.4 Å². The van der Waals surface area contributed by atoms with Crippen LogP contribution in [0, 0.1) is 6.92 Å². The van der Waals surface area contributed by atoms with Crippen molar-refractivity contribution in [2.45, 2.75) is 6.92 Å². The Morgan fingerprint density at radius 2 is 2.04 bits per heavy atom. The van der Waals surface area contributed by atoms with Gasteiger partial charge in [-0.2, -0.15) is 4.57 Å². The fourth-order valence-electron chi connectivity index (χ4n) is 2.49. The number of thiocarbonyl (C=S) groups is 1. The van der Waals surface area contributed by atoms with Crippen molar-refractivity contribution in [3.63, 3.8) is 0 Å². The standard InChI is InChI=1S/C20H18N2O2S2/c1-14-6-4-10-22(13-14)18(19(23)17-9-5-11-26-17)20(25)21-15-7-3-8-16(12-15)24-2/h3-13H,1-2H3,(H-,21,23,25). The van der Waals surface area contributed by atoms with E-state index >= 15 is 0 Å². The Bertz CT molecular complexity index is 950. The minimum absolute atomic E-state index is 0.115. The quantitative estimate of drug-likeness (QED) is 0.318. The van der Waals surface area contributed by atoms with Crippen LogP contribution in [-0.4, -0.2) is 12.1 Å². The summed E-state index contributed by atoms with van der Waals surface area (Å²) in [5.41, 5.74) is 2.21. The van der Waals surface area contributed by atoms with Gasteiger partial charge >= 0.3 is 0 Å². The minimum atomic E-state index is -0.115. The second-order valence-corrected chi connectivity index (χ2v) is 6.99. The van der Waals surface area contributed by atoms with Crippen molar-refractivity contribution in [3.05, 3.63) is 76.7 Å². The number of methoxy groups -OCH3 is 1. The first-order valence-electron chi connectivity index (χ1n) is 7.97. The molecule has 0 aliphatic carbocycles. The maximum Gasteiger partial charge on any atom is 0.239 e. The average Bonchev–Trinajstić information content (AvgIpc) is 3.17. The van der Waals surface area contributed by atoms with E-state index in [0.717, 1.165) is 11.3 Å². The van der Waals surface area contributed by atoms with Crippen LogP contribution >= 0.6 is 23.6 Å². The van der Waals surface area contributed by atoms with Crippen molar-refractivity contribution in [2.24, 2.45) is 0 Å². The summed E-state index contributed by atoms with van der Waals surface area (Å²) in [6, 6.07) is 15.0. The van der Waals surface area contributed by atoms with E-state index in [4.69, 9.17) is 17.0 Å². The number of hydrogen-bond acceptors (Lipinski definition) is 4. The van der Waals surface area contributed by atoms with E-state index in [1.165, 1.54) is 11.3 Å². The SMILES string of the molecule is COc1cccc(NC(=S)C(=C([O-])c2cccs2)[n+]2cccc(C)c2)c1. The predicted molar refractivity (Wildman–Crippen MR) is 108 cm³/mol. The molecule has 1 aromatic carbocycles. The Balaban J connectivity index is 2.03. The summed E-state index contributed by atoms with van der Waals surface area (Å²) in [6.45, 7) is 1.97. The molecule has 0 spiro atoms. The van der Waals surface area contributed by atoms with Gasteiger partial charge < -0.3 is 15.2 Å². The topological polar surface area (TPSA) is 48.2 Å². The molecule has 132 valence electrons. The van der Waals surface area contributed by atoms with E-state index < -0.39 is 0 Å². The zero-order valence-electron chi connectivity index (χ0n) is 14.4. The molecule has 0 atom stereocenters. The van der Waals surface area contributed by atoms with E-state index in [9.17, 15) is 5.11 Å². The van der Waals surface area contributed by atoms with Crippen molar-refractivity contribution in [1.29, 1.82) is 0 Å². The van der Waals surface area contributed by atoms with Gasteiger partial charge in [0.2, 0.25) is 5.70 Å². The lowest BCUT2D eigenvalue weighted by molar-refractivity contribution is -0.578. The largest absolute Gasteiger partial charge is 0.867 e. The van der Waals surface area contributed by atoms with Gasteiger partial charge in [0.05, 0.1) is 7.11 Å². The number of nitrogens with one attached hydrogen (secondary N) is 1. The lowest BCUT2D eigenvalue weighted by Gasteiger charge is -2.16. The highest BCUT2D eigenvalue weighted by molar-refractivity contribution is 7.81. The van der Waals surface area contributed by atoms with Gasteiger partial charge in [-0.15, -0.1) is 11.3 Å². The highest BCUT2D eigenvalue weighted by Gasteiger charge is 2.19. The molecule has 0 fully saturated rings. The van der Waals surface area contributed by atoms with E-state index in [2.05, 4.69) is 5.32 Å². The van der Waals surface area contributed by atoms with Gasteiger partial charge in [0.25, 0.3) is 0 Å². The van der Waals surface area contributed by atoms with Crippen LogP contribution in [0.4, 0.5) is 5.69 Å². The first-order chi connectivity index (χ1) is 12.6. The molecule has 4 nitrogen and oxygen atoms in total. The maximum absolute atomic E-state index is 13.1. The summed E-state index contributed by atoms with van der Waals surface area (Å²) in [5, 5.41) is 18.1. The van der Waals surface area contributed by atoms with Gasteiger partial charge in [-0.1, -0.05) is 24.4 Å². The van der Waals surface area contributed by atoms with E-state index in [1.807, 2.05) is 67.2 Å². The first kappa shape index (κ1) is 18.1. The van der Waals surface area contributed by atoms with Gasteiger partial charge in [-0.3, -0.25) is 0 Å². The third-order valence-corrected chi connectivity index (χ3v) is 4.87. The summed E-state index contributed by atoms with van der Waals surface area (Å²) < 4.78 is 7.01. The van der Waals surface area contributed by atoms with Crippen molar-refractivity contribution in [3.8, 4) is 5.75 Å². The summed E-state index contributed by atoms with van der Waals surface area (Å²) in [6.07, 6.45) is 3.72. The Morgan fingerprint density at radius 3 is 2.73 bits per heavy atom. The summed E-state index contributed by atoms with van der Waals surface area (Å²) in [7, 11) is 1.61. The fraction of sp³-hybridized carbons (Fsp3) is 0.100. The molecular formula is C20H18N2O2S2. The third-order valence-electron chi connectivity index (χ3n) is 3.71. The molecule has 6 heteroatoms. The molecule has 0 unspecified atom stereocenters. The lowest BCUT2D eigenvalue weighted by atomic mass is 10.2. The lowest BCUT2D eigenvalue weighted by Crippen LogP contribution is -2.40. The maximum atomic E-state index is 13.1. The van der Waals surface area contributed by atoms with Crippen molar-refractivity contribution >= 4 is 45.7 Å². The van der Waals surface area contributed by atoms with Crippen molar-refractivity contribution < 1.29 is 14.4 Å². The number of aryl methyl sites for hydroxylation is 1. The Morgan fingerprint density at radius 1 is 1.19 bits per heavy atom. The van der Waals surface area contributed by atoms with Crippen LogP contribution in [0.1, 0.15) is 10.4 Å². The molecule has 2 aromatic heterocycles. The van der Waals surface area contributed by atoms with Gasteiger partial charge in [-0.25, -0.2) is 0 Å². The number of anilines is 1. The van der Waals surface area contributed by atoms with Crippen molar-refractivity contribution in [1.82, 2.24) is 0 Å². The van der Waals surface area contributed by atoms with Crippen LogP contribution in [0.25, 0.3) is 11.5 Å². The molecule has 2 heterocycles. The van der Waals surface area contributed by atoms with Crippen LogP contribution in [0.3, 0.4) is 0 Å². The second-order valence-electron chi connectivity index (χ2n) is 5.63. The number of rotatable bonds is 5. The van der Waals surface area contributed by atoms with Crippen LogP contribution in [0.2, 0.25) is 0 Å². The molecule has 0 aliphatic heterocycles. The predicted octanol–water partition coefficient (Wildman–Crippen LogP) is 3.48. The second kappa shape index (κ2) is 8.12. The van der Waals surface area contributed by atoms with Crippen molar-refractivity contribution in [2.75, 3.05) is 12.4 Å². The molecule has 0 saturated carbocycles. The third kappa shape index (κ3) is 4.09. The normalized spacial score (nSPS) is 11.6. The van der Waals surface area contributed by atoms with E-state index in [-0.39, 0.29) is 5.76 Å². The highest BCUT2D eigenvalue weighted by atomic mass is 32.1. The number of pyridine rings is 1. The Labute approximate surface area is 162 Å². The molecule has 0 bridgehead atoms. The highest BCUT2D eigenvalue weighted by Crippen LogP contribution is 2.22. The van der Waals surface area contributed by atoms with Gasteiger partial charge in [0, 0.05) is 28.3 Å². The van der Waals surface area contributed by atoms with Gasteiger partial charge in [0.1, 0.15) is 5.75 Å². The van der Waals surface area contributed by atoms with Crippen LogP contribution in [0.5, 0.6) is 5.75 Å². The number of thiophene rings is 1. The summed E-state index contributed by atoms with van der Waals surface area (Å²) >= 11 is 6.98. The molecule has 3 rings (SSSR count). The summed E-state index contributed by atoms with van der Waals surface area (Å²) in [4.78, 5) is 0.996. The Hall–Kier alpha value is -2.70. The molecule has 26 heavy (non-hydrogen) atoms. The summed E-state index contributed by atoms with van der Waals surface area (Å²) in [5.74, 6) is 0.600. The van der Waals surface area contributed by atoms with Gasteiger partial charge in [-0.05, 0) is 42.3 Å². The molecule has 0 radical (unpaired) electrons. The van der Waals surface area contributed by atoms with Crippen LogP contribution in [-0.2, 0) is 0 Å². The number of aromatic nitrogens is 1. The Kier molecular flexibility index (Phi) is 5.65. The first-order valence-corrected chi connectivity index (χ1v) is 9.26. The molecule has 0 amide bonds. The number of benzene rings is 1. The zero-order chi connectivity index (χ0) is 18.5. The molecular weight excluding hydrogens is 364 g/mol. The number of hydrogen-bond donors (Lipinski definition) is 1. The van der Waals surface area contributed by atoms with E-state index in [1.54, 1.807) is 17.7 Å². The average molecular weight is 383 g/mol. The minimum Gasteiger partial charge on any atom is -0.867 e. The van der Waals surface area contributed by atoms with E-state index in [0.29, 0.717) is 21.3 Å². The number of nitrogens with zero attached hydrogens (tertiary/aromatic N) is 1. The van der Waals surface area contributed by atoms with Crippen LogP contribution < -0.4 is 19.7 Å². The molecule has 0 aliphatic rings. The molecule has 0 saturated heterocycles. The fourth-order valence-corrected chi connectivity index (χ4v) is 3.47.